The zero-order valence-corrected chi connectivity index (χ0v) is 18.0. The van der Waals surface area contributed by atoms with Gasteiger partial charge in [0, 0.05) is 56.4 Å². The lowest BCUT2D eigenvalue weighted by atomic mass is 10.2. The number of aldehydes is 1. The van der Waals surface area contributed by atoms with Crippen molar-refractivity contribution in [2.75, 3.05) is 6.61 Å². The first-order valence-corrected chi connectivity index (χ1v) is 12.4. The number of carbonyl (C=O) groups is 1. The molecule has 1 aromatic carbocycles. The summed E-state index contributed by atoms with van der Waals surface area (Å²) < 4.78 is 13.5. The van der Waals surface area contributed by atoms with Crippen molar-refractivity contribution in [3.63, 3.8) is 0 Å². The van der Waals surface area contributed by atoms with Crippen LogP contribution < -0.4 is 4.74 Å². The highest BCUT2D eigenvalue weighted by atomic mass is 28.3. The van der Waals surface area contributed by atoms with Crippen LogP contribution in [0.15, 0.2) is 54.9 Å². The standard InChI is InChI=1S/C22H23N4O3Si/c1-30(2)10-9-28-15-26-21(7-8-24-26)17-4-6-22(23-13-17)29-19-5-3-16-11-18(14-27)25-20(16)12-19/h3-8,11-14,25H,9-10,15H2,1-2H3. The van der Waals surface area contributed by atoms with Gasteiger partial charge in [-0.2, -0.15) is 5.10 Å². The predicted octanol–water partition coefficient (Wildman–Crippen LogP) is 4.76. The van der Waals surface area contributed by atoms with Crippen molar-refractivity contribution in [3.8, 4) is 22.9 Å². The zero-order chi connectivity index (χ0) is 20.9. The Labute approximate surface area is 176 Å². The fraction of sp³-hybridized carbons (Fsp3) is 0.227. The van der Waals surface area contributed by atoms with Crippen LogP contribution in [0.3, 0.4) is 0 Å². The van der Waals surface area contributed by atoms with Crippen LogP contribution in [0, 0.1) is 0 Å². The largest absolute Gasteiger partial charge is 0.439 e. The normalized spacial score (nSPS) is 11.3. The van der Waals surface area contributed by atoms with E-state index in [9.17, 15) is 4.79 Å². The Bertz CT molecular complexity index is 1130. The smallest absolute Gasteiger partial charge is 0.219 e. The first-order chi connectivity index (χ1) is 14.6. The van der Waals surface area contributed by atoms with Crippen molar-refractivity contribution in [3.05, 3.63) is 60.6 Å². The van der Waals surface area contributed by atoms with E-state index in [1.165, 1.54) is 0 Å². The Morgan fingerprint density at radius 2 is 2.07 bits per heavy atom. The number of hydrogen-bond donors (Lipinski definition) is 1. The Morgan fingerprint density at radius 3 is 2.83 bits per heavy atom. The van der Waals surface area contributed by atoms with Crippen LogP contribution in [0.2, 0.25) is 19.1 Å². The average molecular weight is 420 g/mol. The summed E-state index contributed by atoms with van der Waals surface area (Å²) in [6.45, 7) is 5.74. The first-order valence-electron chi connectivity index (χ1n) is 9.73. The SMILES string of the molecule is C[Si](C)CCOCn1nccc1-c1ccc(Oc2ccc3cc(C=O)[nH]c3c2)nc1. The van der Waals surface area contributed by atoms with Gasteiger partial charge in [-0.15, -0.1) is 0 Å². The van der Waals surface area contributed by atoms with Gasteiger partial charge >= 0.3 is 0 Å². The topological polar surface area (TPSA) is 82.0 Å². The van der Waals surface area contributed by atoms with Gasteiger partial charge in [0.05, 0.1) is 11.4 Å². The van der Waals surface area contributed by atoms with Gasteiger partial charge < -0.3 is 14.5 Å². The molecule has 3 aromatic heterocycles. The second-order valence-electron chi connectivity index (χ2n) is 7.29. The fourth-order valence-electron chi connectivity index (χ4n) is 3.08. The summed E-state index contributed by atoms with van der Waals surface area (Å²) in [4.78, 5) is 18.4. The van der Waals surface area contributed by atoms with Gasteiger partial charge in [-0.3, -0.25) is 4.79 Å². The van der Waals surface area contributed by atoms with E-state index >= 15 is 0 Å². The summed E-state index contributed by atoms with van der Waals surface area (Å²) in [6, 6.07) is 14.3. The van der Waals surface area contributed by atoms with Gasteiger partial charge in [-0.05, 0) is 36.4 Å². The summed E-state index contributed by atoms with van der Waals surface area (Å²) in [6.07, 6.45) is 4.32. The molecule has 4 rings (SSSR count). The number of fused-ring (bicyclic) bond motifs is 1. The van der Waals surface area contributed by atoms with E-state index in [-0.39, 0.29) is 8.80 Å². The Balaban J connectivity index is 1.43. The molecule has 1 radical (unpaired) electrons. The number of nitrogens with zero attached hydrogens (tertiary/aromatic N) is 3. The lowest BCUT2D eigenvalue weighted by Gasteiger charge is -2.10. The Kier molecular flexibility index (Phi) is 6.06. The number of pyridine rings is 1. The monoisotopic (exact) mass is 419 g/mol. The number of aromatic amines is 1. The highest BCUT2D eigenvalue weighted by Crippen LogP contribution is 2.26. The van der Waals surface area contributed by atoms with Crippen LogP contribution in [-0.4, -0.2) is 41.4 Å². The van der Waals surface area contributed by atoms with E-state index in [4.69, 9.17) is 9.47 Å². The minimum absolute atomic E-state index is 0.276. The minimum atomic E-state index is -0.276. The van der Waals surface area contributed by atoms with Crippen molar-refractivity contribution >= 4 is 26.0 Å². The first kappa shape index (κ1) is 20.1. The molecule has 7 nitrogen and oxygen atoms in total. The molecule has 1 N–H and O–H groups in total. The van der Waals surface area contributed by atoms with Crippen molar-refractivity contribution in [1.29, 1.82) is 0 Å². The number of benzene rings is 1. The predicted molar refractivity (Wildman–Crippen MR) is 117 cm³/mol. The molecule has 0 unspecified atom stereocenters. The number of rotatable bonds is 9. The van der Waals surface area contributed by atoms with Crippen LogP contribution >= 0.6 is 0 Å². The zero-order valence-electron chi connectivity index (χ0n) is 17.0. The second kappa shape index (κ2) is 9.06. The van der Waals surface area contributed by atoms with Gasteiger partial charge in [0.1, 0.15) is 12.5 Å². The molecule has 0 atom stereocenters. The third kappa shape index (κ3) is 4.66. The summed E-state index contributed by atoms with van der Waals surface area (Å²) in [5.41, 5.74) is 3.27. The quantitative estimate of drug-likeness (QED) is 0.240. The van der Waals surface area contributed by atoms with Crippen LogP contribution in [-0.2, 0) is 11.5 Å². The minimum Gasteiger partial charge on any atom is -0.439 e. The van der Waals surface area contributed by atoms with E-state index in [1.54, 1.807) is 18.5 Å². The second-order valence-corrected chi connectivity index (χ2v) is 10.2. The maximum absolute atomic E-state index is 10.9. The Hall–Kier alpha value is -3.23. The molecule has 0 saturated heterocycles. The molecule has 0 aliphatic heterocycles. The number of H-pyrrole nitrogens is 1. The van der Waals surface area contributed by atoms with Gasteiger partial charge in [0.15, 0.2) is 6.29 Å². The molecule has 8 heteroatoms. The summed E-state index contributed by atoms with van der Waals surface area (Å²) in [5, 5.41) is 5.31. The maximum Gasteiger partial charge on any atom is 0.219 e. The fourth-order valence-corrected chi connectivity index (χ4v) is 3.63. The van der Waals surface area contributed by atoms with Crippen LogP contribution in [0.4, 0.5) is 0 Å². The van der Waals surface area contributed by atoms with E-state index < -0.39 is 0 Å². The number of aromatic nitrogens is 4. The summed E-state index contributed by atoms with van der Waals surface area (Å²) >= 11 is 0. The molecule has 0 saturated carbocycles. The van der Waals surface area contributed by atoms with Crippen molar-refractivity contribution in [2.45, 2.75) is 25.9 Å². The summed E-state index contributed by atoms with van der Waals surface area (Å²) in [7, 11) is -0.276. The van der Waals surface area contributed by atoms with Crippen molar-refractivity contribution in [1.82, 2.24) is 19.7 Å². The highest BCUT2D eigenvalue weighted by molar-refractivity contribution is 6.55. The van der Waals surface area contributed by atoms with Crippen molar-refractivity contribution in [2.24, 2.45) is 0 Å². The molecule has 0 aliphatic rings. The van der Waals surface area contributed by atoms with Gasteiger partial charge in [-0.25, -0.2) is 9.67 Å². The van der Waals surface area contributed by atoms with E-state index in [0.29, 0.717) is 24.1 Å². The molecule has 0 aliphatic carbocycles. The molecular weight excluding hydrogens is 396 g/mol. The molecular formula is C22H23N4O3Si. The lowest BCUT2D eigenvalue weighted by molar-refractivity contribution is 0.0801. The molecule has 3 heterocycles. The Morgan fingerprint density at radius 1 is 1.17 bits per heavy atom. The third-order valence-corrected chi connectivity index (χ3v) is 5.88. The molecule has 153 valence electrons. The molecule has 0 bridgehead atoms. The third-order valence-electron chi connectivity index (χ3n) is 4.67. The average Bonchev–Trinajstić information content (AvgIpc) is 3.38. The van der Waals surface area contributed by atoms with Gasteiger partial charge in [-0.1, -0.05) is 13.1 Å². The molecule has 4 aromatic rings. The highest BCUT2D eigenvalue weighted by Gasteiger charge is 2.08. The number of ether oxygens (including phenoxy) is 2. The number of hydrogen-bond acceptors (Lipinski definition) is 5. The lowest BCUT2D eigenvalue weighted by Crippen LogP contribution is -2.10. The molecule has 0 spiro atoms. The van der Waals surface area contributed by atoms with Crippen LogP contribution in [0.25, 0.3) is 22.2 Å². The van der Waals surface area contributed by atoms with Crippen LogP contribution in [0.5, 0.6) is 11.6 Å². The molecule has 0 amide bonds. The van der Waals surface area contributed by atoms with E-state index in [0.717, 1.165) is 41.1 Å². The molecule has 0 fully saturated rings. The van der Waals surface area contributed by atoms with Gasteiger partial charge in [0.2, 0.25) is 5.88 Å². The number of carbonyl (C=O) groups excluding carboxylic acids is 1. The van der Waals surface area contributed by atoms with Crippen LogP contribution in [0.1, 0.15) is 10.5 Å². The number of nitrogens with one attached hydrogen (secondary N) is 1. The van der Waals surface area contributed by atoms with Crippen molar-refractivity contribution < 1.29 is 14.3 Å². The maximum atomic E-state index is 10.9. The summed E-state index contributed by atoms with van der Waals surface area (Å²) in [5.74, 6) is 1.14. The van der Waals surface area contributed by atoms with E-state index in [2.05, 4.69) is 28.2 Å². The van der Waals surface area contributed by atoms with Gasteiger partial charge in [0.25, 0.3) is 0 Å². The van der Waals surface area contributed by atoms with E-state index in [1.807, 2.05) is 41.1 Å². The molecule has 30 heavy (non-hydrogen) atoms.